The predicted molar refractivity (Wildman–Crippen MR) is 54.6 cm³/mol. The molecule has 2 rings (SSSR count). The first-order chi connectivity index (χ1) is 6.31. The molecule has 2 nitrogen and oxygen atoms in total. The molecule has 1 heterocycles. The summed E-state index contributed by atoms with van der Waals surface area (Å²) in [5, 5.41) is 2.66. The minimum atomic E-state index is 0.418. The third-order valence-corrected chi connectivity index (χ3v) is 2.18. The fraction of sp³-hybridized carbons (Fsp3) is 0.100. The first kappa shape index (κ1) is 8.48. The molecule has 0 aliphatic rings. The van der Waals surface area contributed by atoms with Crippen LogP contribution in [-0.2, 0) is 6.54 Å². The van der Waals surface area contributed by atoms with Crippen LogP contribution in [0.3, 0.4) is 0 Å². The highest BCUT2D eigenvalue weighted by Gasteiger charge is 2.01. The van der Waals surface area contributed by atoms with E-state index in [1.165, 1.54) is 0 Å². The van der Waals surface area contributed by atoms with Gasteiger partial charge in [-0.2, -0.15) is 0 Å². The number of hydrogen-bond donors (Lipinski definition) is 1. The Kier molecular flexibility index (Phi) is 2.17. The molecule has 0 radical (unpaired) electrons. The van der Waals surface area contributed by atoms with Crippen LogP contribution in [0.1, 0.15) is 5.69 Å². The zero-order valence-electron chi connectivity index (χ0n) is 7.00. The quantitative estimate of drug-likeness (QED) is 0.705. The van der Waals surface area contributed by atoms with Crippen molar-refractivity contribution in [2.24, 2.45) is 5.73 Å². The van der Waals surface area contributed by atoms with Gasteiger partial charge in [0.15, 0.2) is 0 Å². The van der Waals surface area contributed by atoms with E-state index in [0.717, 1.165) is 16.5 Å². The molecule has 0 aliphatic heterocycles. The average molecular weight is 193 g/mol. The largest absolute Gasteiger partial charge is 0.325 e. The molecule has 1 aromatic carbocycles. The molecule has 0 aliphatic carbocycles. The number of fused-ring (bicyclic) bond motifs is 1. The summed E-state index contributed by atoms with van der Waals surface area (Å²) in [6, 6.07) is 9.79. The van der Waals surface area contributed by atoms with E-state index < -0.39 is 0 Å². The highest BCUT2D eigenvalue weighted by Crippen LogP contribution is 2.20. The number of aromatic nitrogens is 1. The molecule has 0 bridgehead atoms. The van der Waals surface area contributed by atoms with Gasteiger partial charge in [0.05, 0.1) is 5.69 Å². The van der Waals surface area contributed by atoms with Crippen molar-refractivity contribution < 1.29 is 0 Å². The van der Waals surface area contributed by atoms with E-state index in [0.29, 0.717) is 11.7 Å². The van der Waals surface area contributed by atoms with Crippen molar-refractivity contribution in [1.82, 2.24) is 4.98 Å². The van der Waals surface area contributed by atoms with Gasteiger partial charge in [-0.25, -0.2) is 4.98 Å². The van der Waals surface area contributed by atoms with Gasteiger partial charge in [-0.1, -0.05) is 35.9 Å². The molecule has 0 unspecified atom stereocenters. The third kappa shape index (κ3) is 1.50. The molecule has 0 saturated carbocycles. The molecule has 66 valence electrons. The molecular formula is C10H9ClN2. The third-order valence-electron chi connectivity index (χ3n) is 1.98. The van der Waals surface area contributed by atoms with E-state index in [1.807, 2.05) is 30.3 Å². The van der Waals surface area contributed by atoms with Crippen LogP contribution in [0.25, 0.3) is 10.8 Å². The fourth-order valence-electron chi connectivity index (χ4n) is 1.39. The lowest BCUT2D eigenvalue weighted by molar-refractivity contribution is 1.01. The van der Waals surface area contributed by atoms with Crippen LogP contribution in [-0.4, -0.2) is 4.98 Å². The highest BCUT2D eigenvalue weighted by atomic mass is 35.5. The monoisotopic (exact) mass is 192 g/mol. The molecule has 1 aromatic heterocycles. The Bertz CT molecular complexity index is 440. The summed E-state index contributed by atoms with van der Waals surface area (Å²) in [4.78, 5) is 4.16. The summed E-state index contributed by atoms with van der Waals surface area (Å²) < 4.78 is 0. The topological polar surface area (TPSA) is 38.9 Å². The Morgan fingerprint density at radius 3 is 2.85 bits per heavy atom. The molecule has 0 atom stereocenters. The van der Waals surface area contributed by atoms with Crippen LogP contribution in [0.15, 0.2) is 30.3 Å². The minimum absolute atomic E-state index is 0.418. The second-order valence-corrected chi connectivity index (χ2v) is 3.20. The summed E-state index contributed by atoms with van der Waals surface area (Å²) in [6.45, 7) is 0.418. The van der Waals surface area contributed by atoms with Gasteiger partial charge in [-0.15, -0.1) is 0 Å². The Hall–Kier alpha value is -1.12. The Labute approximate surface area is 81.3 Å². The van der Waals surface area contributed by atoms with Crippen molar-refractivity contribution >= 4 is 22.4 Å². The molecule has 13 heavy (non-hydrogen) atoms. The summed E-state index contributed by atoms with van der Waals surface area (Å²) in [7, 11) is 0. The van der Waals surface area contributed by atoms with Crippen LogP contribution in [0.2, 0.25) is 5.15 Å². The molecule has 0 amide bonds. The van der Waals surface area contributed by atoms with Gasteiger partial charge in [0, 0.05) is 11.9 Å². The van der Waals surface area contributed by atoms with Crippen LogP contribution >= 0.6 is 11.6 Å². The van der Waals surface area contributed by atoms with Crippen molar-refractivity contribution in [2.45, 2.75) is 6.54 Å². The molecule has 3 heteroatoms. The van der Waals surface area contributed by atoms with E-state index in [-0.39, 0.29) is 0 Å². The van der Waals surface area contributed by atoms with Gasteiger partial charge in [0.2, 0.25) is 0 Å². The SMILES string of the molecule is NCc1nc(Cl)cc2ccccc12. The molecule has 2 aromatic rings. The first-order valence-electron chi connectivity index (χ1n) is 4.05. The average Bonchev–Trinajstić information content (AvgIpc) is 2.16. The standard InChI is InChI=1S/C10H9ClN2/c11-10-5-7-3-1-2-4-8(7)9(6-12)13-10/h1-5H,6,12H2. The molecule has 2 N–H and O–H groups in total. The lowest BCUT2D eigenvalue weighted by Crippen LogP contribution is -2.00. The maximum absolute atomic E-state index is 5.84. The second kappa shape index (κ2) is 3.32. The number of benzene rings is 1. The van der Waals surface area contributed by atoms with Gasteiger partial charge in [0.1, 0.15) is 5.15 Å². The molecule has 0 fully saturated rings. The summed E-state index contributed by atoms with van der Waals surface area (Å²) in [5.41, 5.74) is 6.41. The van der Waals surface area contributed by atoms with Gasteiger partial charge >= 0.3 is 0 Å². The van der Waals surface area contributed by atoms with Crippen molar-refractivity contribution in [1.29, 1.82) is 0 Å². The van der Waals surface area contributed by atoms with E-state index >= 15 is 0 Å². The van der Waals surface area contributed by atoms with Gasteiger partial charge in [-0.05, 0) is 11.5 Å². The van der Waals surface area contributed by atoms with Gasteiger partial charge in [-0.3, -0.25) is 0 Å². The summed E-state index contributed by atoms with van der Waals surface area (Å²) >= 11 is 5.84. The van der Waals surface area contributed by atoms with Crippen molar-refractivity contribution in [3.8, 4) is 0 Å². The van der Waals surface area contributed by atoms with E-state index in [1.54, 1.807) is 0 Å². The van der Waals surface area contributed by atoms with E-state index in [9.17, 15) is 0 Å². The number of pyridine rings is 1. The Morgan fingerprint density at radius 2 is 2.08 bits per heavy atom. The Balaban J connectivity index is 2.81. The molecule has 0 spiro atoms. The van der Waals surface area contributed by atoms with Gasteiger partial charge in [0.25, 0.3) is 0 Å². The van der Waals surface area contributed by atoms with Crippen LogP contribution < -0.4 is 5.73 Å². The zero-order valence-corrected chi connectivity index (χ0v) is 7.75. The normalized spacial score (nSPS) is 10.6. The van der Waals surface area contributed by atoms with Crippen LogP contribution in [0.5, 0.6) is 0 Å². The number of nitrogens with zero attached hydrogens (tertiary/aromatic N) is 1. The molecule has 0 saturated heterocycles. The summed E-state index contributed by atoms with van der Waals surface area (Å²) in [6.07, 6.45) is 0. The zero-order chi connectivity index (χ0) is 9.26. The number of halogens is 1. The van der Waals surface area contributed by atoms with Crippen LogP contribution in [0, 0.1) is 0 Å². The number of nitrogens with two attached hydrogens (primary N) is 1. The minimum Gasteiger partial charge on any atom is -0.325 e. The Morgan fingerprint density at radius 1 is 1.31 bits per heavy atom. The van der Waals surface area contributed by atoms with E-state index in [2.05, 4.69) is 4.98 Å². The molecular weight excluding hydrogens is 184 g/mol. The maximum Gasteiger partial charge on any atom is 0.130 e. The number of hydrogen-bond acceptors (Lipinski definition) is 2. The van der Waals surface area contributed by atoms with Crippen molar-refractivity contribution in [3.05, 3.63) is 41.2 Å². The second-order valence-electron chi connectivity index (χ2n) is 2.82. The first-order valence-corrected chi connectivity index (χ1v) is 4.43. The fourth-order valence-corrected chi connectivity index (χ4v) is 1.61. The predicted octanol–water partition coefficient (Wildman–Crippen LogP) is 2.35. The van der Waals surface area contributed by atoms with E-state index in [4.69, 9.17) is 17.3 Å². The highest BCUT2D eigenvalue weighted by molar-refractivity contribution is 6.30. The maximum atomic E-state index is 5.84. The van der Waals surface area contributed by atoms with Crippen molar-refractivity contribution in [2.75, 3.05) is 0 Å². The van der Waals surface area contributed by atoms with Gasteiger partial charge < -0.3 is 5.73 Å². The lowest BCUT2D eigenvalue weighted by Gasteiger charge is -2.03. The smallest absolute Gasteiger partial charge is 0.130 e. The summed E-state index contributed by atoms with van der Waals surface area (Å²) in [5.74, 6) is 0. The van der Waals surface area contributed by atoms with Crippen molar-refractivity contribution in [3.63, 3.8) is 0 Å². The number of rotatable bonds is 1. The lowest BCUT2D eigenvalue weighted by atomic mass is 10.1. The van der Waals surface area contributed by atoms with Crippen LogP contribution in [0.4, 0.5) is 0 Å².